The lowest BCUT2D eigenvalue weighted by molar-refractivity contribution is 0.103. The van der Waals surface area contributed by atoms with Gasteiger partial charge in [0.15, 0.2) is 14.9 Å². The van der Waals surface area contributed by atoms with Gasteiger partial charge in [0.1, 0.15) is 0 Å². The number of rotatable bonds is 3. The Hall–Kier alpha value is -2.25. The van der Waals surface area contributed by atoms with Crippen LogP contribution in [0.1, 0.15) is 9.67 Å². The predicted molar refractivity (Wildman–Crippen MR) is 87.1 cm³/mol. The lowest BCUT2D eigenvalue weighted by Gasteiger charge is -2.03. The van der Waals surface area contributed by atoms with E-state index >= 15 is 0 Å². The molecular weight excluding hydrogens is 320 g/mol. The summed E-state index contributed by atoms with van der Waals surface area (Å²) in [6.07, 6.45) is 2.42. The molecule has 0 bridgehead atoms. The molecule has 0 atom stereocenters. The first-order chi connectivity index (χ1) is 10.4. The third-order valence-electron chi connectivity index (χ3n) is 3.02. The zero-order valence-corrected chi connectivity index (χ0v) is 13.2. The lowest BCUT2D eigenvalue weighted by atomic mass is 10.2. The topological polar surface area (TPSA) is 76.1 Å². The van der Waals surface area contributed by atoms with E-state index in [1.807, 2.05) is 30.3 Å². The summed E-state index contributed by atoms with van der Waals surface area (Å²) in [5, 5.41) is 3.71. The largest absolute Gasteiger partial charge is 0.320 e. The number of aromatic nitrogens is 1. The second kappa shape index (κ2) is 5.51. The number of pyridine rings is 1. The highest BCUT2D eigenvalue weighted by molar-refractivity contribution is 7.90. The summed E-state index contributed by atoms with van der Waals surface area (Å²) in [6, 6.07) is 12.5. The first-order valence-corrected chi connectivity index (χ1v) is 9.10. The van der Waals surface area contributed by atoms with Crippen molar-refractivity contribution in [3.8, 4) is 0 Å². The number of sulfone groups is 1. The molecule has 1 aromatic carbocycles. The highest BCUT2D eigenvalue weighted by Gasteiger charge is 2.12. The molecular formula is C15H12N2O3S2. The van der Waals surface area contributed by atoms with Crippen LogP contribution < -0.4 is 5.32 Å². The number of nitrogens with one attached hydrogen (secondary N) is 1. The average molecular weight is 332 g/mol. The Morgan fingerprint density at radius 1 is 1.18 bits per heavy atom. The molecule has 2 aromatic heterocycles. The Labute approximate surface area is 131 Å². The van der Waals surface area contributed by atoms with Gasteiger partial charge in [-0.25, -0.2) is 13.4 Å². The van der Waals surface area contributed by atoms with Gasteiger partial charge < -0.3 is 5.32 Å². The maximum Gasteiger partial charge on any atom is 0.265 e. The minimum absolute atomic E-state index is 0.0210. The van der Waals surface area contributed by atoms with E-state index in [2.05, 4.69) is 10.3 Å². The van der Waals surface area contributed by atoms with Gasteiger partial charge in [0.25, 0.3) is 5.91 Å². The number of amides is 1. The van der Waals surface area contributed by atoms with Crippen LogP contribution in [0.4, 0.5) is 5.69 Å². The second-order valence-electron chi connectivity index (χ2n) is 4.76. The SMILES string of the molecule is CS(=O)(=O)c1ccc(NC(=O)c2cc3ccccc3s2)cn1. The monoisotopic (exact) mass is 332 g/mol. The number of carbonyl (C=O) groups is 1. The number of hydrogen-bond acceptors (Lipinski definition) is 5. The van der Waals surface area contributed by atoms with E-state index in [4.69, 9.17) is 0 Å². The molecule has 7 heteroatoms. The number of benzene rings is 1. The highest BCUT2D eigenvalue weighted by Crippen LogP contribution is 2.26. The van der Waals surface area contributed by atoms with Crippen LogP contribution in [-0.2, 0) is 9.84 Å². The zero-order valence-electron chi connectivity index (χ0n) is 11.6. The van der Waals surface area contributed by atoms with Gasteiger partial charge in [-0.3, -0.25) is 4.79 Å². The van der Waals surface area contributed by atoms with Crippen molar-refractivity contribution >= 4 is 42.9 Å². The van der Waals surface area contributed by atoms with Crippen LogP contribution in [0.5, 0.6) is 0 Å². The lowest BCUT2D eigenvalue weighted by Crippen LogP contribution is -2.10. The molecule has 0 radical (unpaired) electrons. The van der Waals surface area contributed by atoms with Crippen molar-refractivity contribution in [3.05, 3.63) is 53.5 Å². The quantitative estimate of drug-likeness (QED) is 0.800. The molecule has 0 spiro atoms. The molecule has 22 heavy (non-hydrogen) atoms. The van der Waals surface area contributed by atoms with E-state index in [9.17, 15) is 13.2 Å². The standard InChI is InChI=1S/C15H12N2O3S2/c1-22(19,20)14-7-6-11(9-16-14)17-15(18)13-8-10-4-2-3-5-12(10)21-13/h2-9H,1H3,(H,17,18). The van der Waals surface area contributed by atoms with Gasteiger partial charge >= 0.3 is 0 Å². The van der Waals surface area contributed by atoms with Gasteiger partial charge in [-0.1, -0.05) is 18.2 Å². The summed E-state index contributed by atoms with van der Waals surface area (Å²) in [7, 11) is -3.34. The van der Waals surface area contributed by atoms with Crippen LogP contribution >= 0.6 is 11.3 Å². The molecule has 0 aliphatic heterocycles. The fourth-order valence-electron chi connectivity index (χ4n) is 1.96. The Morgan fingerprint density at radius 2 is 1.95 bits per heavy atom. The third-order valence-corrected chi connectivity index (χ3v) is 5.14. The maximum atomic E-state index is 12.2. The van der Waals surface area contributed by atoms with E-state index in [-0.39, 0.29) is 10.9 Å². The molecule has 0 fully saturated rings. The molecule has 3 rings (SSSR count). The van der Waals surface area contributed by atoms with Gasteiger partial charge in [0.2, 0.25) is 0 Å². The molecule has 0 aliphatic rings. The number of thiophene rings is 1. The predicted octanol–water partition coefficient (Wildman–Crippen LogP) is 2.95. The van der Waals surface area contributed by atoms with Crippen LogP contribution in [0, 0.1) is 0 Å². The molecule has 2 heterocycles. The summed E-state index contributed by atoms with van der Waals surface area (Å²) < 4.78 is 23.7. The van der Waals surface area contributed by atoms with E-state index < -0.39 is 9.84 Å². The van der Waals surface area contributed by atoms with E-state index in [0.29, 0.717) is 10.6 Å². The highest BCUT2D eigenvalue weighted by atomic mass is 32.2. The van der Waals surface area contributed by atoms with Crippen molar-refractivity contribution in [1.29, 1.82) is 0 Å². The normalized spacial score (nSPS) is 11.5. The fourth-order valence-corrected chi connectivity index (χ4v) is 3.48. The first kappa shape index (κ1) is 14.7. The maximum absolute atomic E-state index is 12.2. The van der Waals surface area contributed by atoms with Crippen molar-refractivity contribution in [3.63, 3.8) is 0 Å². The summed E-state index contributed by atoms with van der Waals surface area (Å²) in [4.78, 5) is 16.7. The molecule has 5 nitrogen and oxygen atoms in total. The number of hydrogen-bond donors (Lipinski definition) is 1. The minimum atomic E-state index is -3.34. The Balaban J connectivity index is 1.82. The number of fused-ring (bicyclic) bond motifs is 1. The van der Waals surface area contributed by atoms with Crippen molar-refractivity contribution in [2.24, 2.45) is 0 Å². The third kappa shape index (κ3) is 3.00. The fraction of sp³-hybridized carbons (Fsp3) is 0.0667. The van der Waals surface area contributed by atoms with Gasteiger partial charge in [-0.05, 0) is 29.7 Å². The molecule has 0 saturated heterocycles. The smallest absolute Gasteiger partial charge is 0.265 e. The zero-order chi connectivity index (χ0) is 15.7. The molecule has 3 aromatic rings. The van der Waals surface area contributed by atoms with Crippen molar-refractivity contribution < 1.29 is 13.2 Å². The van der Waals surface area contributed by atoms with Crippen LogP contribution in [0.3, 0.4) is 0 Å². The number of anilines is 1. The molecule has 0 saturated carbocycles. The van der Waals surface area contributed by atoms with Gasteiger partial charge in [0.05, 0.1) is 16.8 Å². The summed E-state index contributed by atoms with van der Waals surface area (Å²) in [6.45, 7) is 0. The van der Waals surface area contributed by atoms with Crippen LogP contribution in [0.25, 0.3) is 10.1 Å². The molecule has 1 amide bonds. The Morgan fingerprint density at radius 3 is 2.59 bits per heavy atom. The molecule has 112 valence electrons. The van der Waals surface area contributed by atoms with E-state index in [1.165, 1.54) is 29.7 Å². The van der Waals surface area contributed by atoms with E-state index in [0.717, 1.165) is 16.3 Å². The van der Waals surface area contributed by atoms with Crippen molar-refractivity contribution in [2.75, 3.05) is 11.6 Å². The van der Waals surface area contributed by atoms with Gasteiger partial charge in [-0.2, -0.15) is 0 Å². The van der Waals surface area contributed by atoms with E-state index in [1.54, 1.807) is 0 Å². The number of nitrogens with zero attached hydrogens (tertiary/aromatic N) is 1. The van der Waals surface area contributed by atoms with Gasteiger partial charge in [0, 0.05) is 11.0 Å². The molecule has 0 aliphatic carbocycles. The van der Waals surface area contributed by atoms with Crippen LogP contribution in [0.15, 0.2) is 53.7 Å². The number of carbonyl (C=O) groups excluding carboxylic acids is 1. The second-order valence-corrected chi connectivity index (χ2v) is 7.81. The summed E-state index contributed by atoms with van der Waals surface area (Å²) in [5.74, 6) is -0.241. The van der Waals surface area contributed by atoms with Crippen molar-refractivity contribution in [2.45, 2.75) is 5.03 Å². The van der Waals surface area contributed by atoms with Crippen molar-refractivity contribution in [1.82, 2.24) is 4.98 Å². The summed E-state index contributed by atoms with van der Waals surface area (Å²) in [5.41, 5.74) is 0.454. The summed E-state index contributed by atoms with van der Waals surface area (Å²) >= 11 is 1.40. The minimum Gasteiger partial charge on any atom is -0.320 e. The Kier molecular flexibility index (Phi) is 3.67. The average Bonchev–Trinajstić information content (AvgIpc) is 2.91. The Bertz CT molecular complexity index is 911. The van der Waals surface area contributed by atoms with Crippen LogP contribution in [0.2, 0.25) is 0 Å². The van der Waals surface area contributed by atoms with Gasteiger partial charge in [-0.15, -0.1) is 11.3 Å². The van der Waals surface area contributed by atoms with Crippen LogP contribution in [-0.4, -0.2) is 25.6 Å². The first-order valence-electron chi connectivity index (χ1n) is 6.39. The molecule has 0 unspecified atom stereocenters. The molecule has 1 N–H and O–H groups in total.